The third-order valence-corrected chi connectivity index (χ3v) is 2.98. The first-order valence-electron chi connectivity index (χ1n) is 5.62. The molecular formula is C11H18N4O. The number of primary amides is 1. The average Bonchev–Trinajstić information content (AvgIpc) is 2.96. The number of carbonyl (C=O) groups is 1. The fraction of sp³-hybridized carbons (Fsp3) is 0.636. The maximum Gasteiger partial charge on any atom is 0.239 e. The fourth-order valence-corrected chi connectivity index (χ4v) is 1.83. The van der Waals surface area contributed by atoms with Gasteiger partial charge in [0.1, 0.15) is 6.54 Å². The van der Waals surface area contributed by atoms with Crippen LogP contribution in [-0.4, -0.2) is 21.7 Å². The molecule has 5 heteroatoms. The van der Waals surface area contributed by atoms with E-state index < -0.39 is 0 Å². The highest BCUT2D eigenvalue weighted by Crippen LogP contribution is 2.20. The van der Waals surface area contributed by atoms with Crippen LogP contribution in [0.5, 0.6) is 0 Å². The minimum absolute atomic E-state index is 0.163. The Kier molecular flexibility index (Phi) is 2.96. The molecule has 0 atom stereocenters. The number of nitrogens with zero attached hydrogens (tertiary/aromatic N) is 2. The predicted molar refractivity (Wildman–Crippen MR) is 60.8 cm³/mol. The molecule has 1 aliphatic carbocycles. The molecule has 0 spiro atoms. The van der Waals surface area contributed by atoms with E-state index in [2.05, 4.69) is 10.4 Å². The van der Waals surface area contributed by atoms with Crippen LogP contribution in [0.3, 0.4) is 0 Å². The first kappa shape index (κ1) is 11.1. The molecule has 88 valence electrons. The molecule has 3 N–H and O–H groups in total. The van der Waals surface area contributed by atoms with Gasteiger partial charge < -0.3 is 11.1 Å². The van der Waals surface area contributed by atoms with Gasteiger partial charge in [0.25, 0.3) is 0 Å². The van der Waals surface area contributed by atoms with E-state index >= 15 is 0 Å². The van der Waals surface area contributed by atoms with E-state index in [1.165, 1.54) is 18.4 Å². The van der Waals surface area contributed by atoms with Gasteiger partial charge in [0.05, 0.1) is 5.69 Å². The van der Waals surface area contributed by atoms with Crippen molar-refractivity contribution in [3.8, 4) is 0 Å². The van der Waals surface area contributed by atoms with Gasteiger partial charge in [0.15, 0.2) is 0 Å². The molecule has 0 radical (unpaired) electrons. The Bertz CT molecular complexity index is 406. The highest BCUT2D eigenvalue weighted by Gasteiger charge is 2.21. The molecule has 0 saturated heterocycles. The lowest BCUT2D eigenvalue weighted by Gasteiger charge is -2.04. The molecule has 0 bridgehead atoms. The second kappa shape index (κ2) is 4.25. The summed E-state index contributed by atoms with van der Waals surface area (Å²) in [6.45, 7) is 4.94. The van der Waals surface area contributed by atoms with E-state index in [4.69, 9.17) is 5.73 Å². The molecule has 1 heterocycles. The van der Waals surface area contributed by atoms with Crippen LogP contribution in [0.4, 0.5) is 0 Å². The Hall–Kier alpha value is -1.36. The largest absolute Gasteiger partial charge is 0.368 e. The summed E-state index contributed by atoms with van der Waals surface area (Å²) in [7, 11) is 0. The van der Waals surface area contributed by atoms with E-state index in [9.17, 15) is 4.79 Å². The minimum Gasteiger partial charge on any atom is -0.368 e. The van der Waals surface area contributed by atoms with Crippen LogP contribution in [0.15, 0.2) is 0 Å². The first-order valence-corrected chi connectivity index (χ1v) is 5.62. The van der Waals surface area contributed by atoms with E-state index in [1.807, 2.05) is 13.8 Å². The quantitative estimate of drug-likeness (QED) is 0.749. The van der Waals surface area contributed by atoms with Crippen molar-refractivity contribution in [2.45, 2.75) is 45.8 Å². The third-order valence-electron chi connectivity index (χ3n) is 2.98. The smallest absolute Gasteiger partial charge is 0.239 e. The van der Waals surface area contributed by atoms with Gasteiger partial charge in [-0.1, -0.05) is 0 Å². The highest BCUT2D eigenvalue weighted by molar-refractivity contribution is 5.73. The summed E-state index contributed by atoms with van der Waals surface area (Å²) < 4.78 is 1.68. The van der Waals surface area contributed by atoms with Gasteiger partial charge >= 0.3 is 0 Å². The maximum atomic E-state index is 10.9. The topological polar surface area (TPSA) is 72.9 Å². The third kappa shape index (κ3) is 2.41. The molecule has 16 heavy (non-hydrogen) atoms. The molecule has 1 aromatic rings. The summed E-state index contributed by atoms with van der Waals surface area (Å²) in [5, 5.41) is 7.78. The highest BCUT2D eigenvalue weighted by atomic mass is 16.1. The van der Waals surface area contributed by atoms with Crippen molar-refractivity contribution >= 4 is 5.91 Å². The van der Waals surface area contributed by atoms with Gasteiger partial charge in [-0.15, -0.1) is 0 Å². The summed E-state index contributed by atoms with van der Waals surface area (Å²) in [6, 6.07) is 0.679. The van der Waals surface area contributed by atoms with Crippen LogP contribution >= 0.6 is 0 Å². The molecule has 0 aliphatic heterocycles. The minimum atomic E-state index is -0.354. The number of aromatic nitrogens is 2. The molecule has 1 aromatic heterocycles. The Labute approximate surface area is 95.0 Å². The van der Waals surface area contributed by atoms with Crippen molar-refractivity contribution in [1.29, 1.82) is 0 Å². The normalized spacial score (nSPS) is 15.4. The van der Waals surface area contributed by atoms with Crippen molar-refractivity contribution in [2.24, 2.45) is 5.73 Å². The molecule has 0 unspecified atom stereocenters. The summed E-state index contributed by atoms with van der Waals surface area (Å²) in [4.78, 5) is 10.9. The molecule has 1 amide bonds. The SMILES string of the molecule is Cc1nn(CC(N)=O)c(C)c1CNC1CC1. The first-order chi connectivity index (χ1) is 7.58. The van der Waals surface area contributed by atoms with Gasteiger partial charge in [-0.3, -0.25) is 9.48 Å². The number of hydrogen-bond donors (Lipinski definition) is 2. The van der Waals surface area contributed by atoms with Gasteiger partial charge in [-0.25, -0.2) is 0 Å². The summed E-state index contributed by atoms with van der Waals surface area (Å²) in [5.41, 5.74) is 8.37. The van der Waals surface area contributed by atoms with Crippen LogP contribution in [0, 0.1) is 13.8 Å². The van der Waals surface area contributed by atoms with E-state index in [0.717, 1.165) is 17.9 Å². The number of hydrogen-bond acceptors (Lipinski definition) is 3. The number of nitrogens with one attached hydrogen (secondary N) is 1. The van der Waals surface area contributed by atoms with Crippen LogP contribution in [-0.2, 0) is 17.9 Å². The standard InChI is InChI=1S/C11H18N4O/c1-7-10(5-13-9-3-4-9)8(2)15(14-7)6-11(12)16/h9,13H,3-6H2,1-2H3,(H2,12,16). The molecule has 0 aromatic carbocycles. The van der Waals surface area contributed by atoms with Crippen molar-refractivity contribution in [2.75, 3.05) is 0 Å². The van der Waals surface area contributed by atoms with Crippen LogP contribution < -0.4 is 11.1 Å². The van der Waals surface area contributed by atoms with Gasteiger partial charge in [0, 0.05) is 23.8 Å². The van der Waals surface area contributed by atoms with Gasteiger partial charge in [-0.2, -0.15) is 5.10 Å². The van der Waals surface area contributed by atoms with Crippen LogP contribution in [0.1, 0.15) is 29.8 Å². The number of rotatable bonds is 5. The average molecular weight is 222 g/mol. The van der Waals surface area contributed by atoms with E-state index in [1.54, 1.807) is 4.68 Å². The molecule has 5 nitrogen and oxygen atoms in total. The zero-order valence-electron chi connectivity index (χ0n) is 9.79. The fourth-order valence-electron chi connectivity index (χ4n) is 1.83. The van der Waals surface area contributed by atoms with Crippen molar-refractivity contribution < 1.29 is 4.79 Å². The van der Waals surface area contributed by atoms with Crippen molar-refractivity contribution in [3.05, 3.63) is 17.0 Å². The maximum absolute atomic E-state index is 10.9. The molecule has 1 aliphatic rings. The Morgan fingerprint density at radius 3 is 2.81 bits per heavy atom. The zero-order chi connectivity index (χ0) is 11.7. The molecule has 1 fully saturated rings. The number of amides is 1. The van der Waals surface area contributed by atoms with Crippen molar-refractivity contribution in [3.63, 3.8) is 0 Å². The Morgan fingerprint density at radius 1 is 1.56 bits per heavy atom. The van der Waals surface area contributed by atoms with Gasteiger partial charge in [-0.05, 0) is 26.7 Å². The molecule has 1 saturated carbocycles. The monoisotopic (exact) mass is 222 g/mol. The zero-order valence-corrected chi connectivity index (χ0v) is 9.79. The number of aryl methyl sites for hydroxylation is 1. The molecular weight excluding hydrogens is 204 g/mol. The number of carbonyl (C=O) groups excluding carboxylic acids is 1. The van der Waals surface area contributed by atoms with E-state index in [-0.39, 0.29) is 12.5 Å². The second-order valence-electron chi connectivity index (χ2n) is 4.43. The number of nitrogens with two attached hydrogens (primary N) is 1. The summed E-state index contributed by atoms with van der Waals surface area (Å²) >= 11 is 0. The lowest BCUT2D eigenvalue weighted by Crippen LogP contribution is -2.21. The Balaban J connectivity index is 2.09. The second-order valence-corrected chi connectivity index (χ2v) is 4.43. The lowest BCUT2D eigenvalue weighted by molar-refractivity contribution is -0.118. The predicted octanol–water partition coefficient (Wildman–Crippen LogP) is 0.237. The summed E-state index contributed by atoms with van der Waals surface area (Å²) in [5.74, 6) is -0.354. The van der Waals surface area contributed by atoms with Crippen LogP contribution in [0.25, 0.3) is 0 Å². The van der Waals surface area contributed by atoms with Crippen molar-refractivity contribution in [1.82, 2.24) is 15.1 Å². The van der Waals surface area contributed by atoms with E-state index in [0.29, 0.717) is 6.04 Å². The van der Waals surface area contributed by atoms with Gasteiger partial charge in [0.2, 0.25) is 5.91 Å². The summed E-state index contributed by atoms with van der Waals surface area (Å²) in [6.07, 6.45) is 2.54. The lowest BCUT2D eigenvalue weighted by atomic mass is 10.2. The Morgan fingerprint density at radius 2 is 2.25 bits per heavy atom. The molecule has 2 rings (SSSR count). The van der Waals surface area contributed by atoms with Crippen LogP contribution in [0.2, 0.25) is 0 Å².